The van der Waals surface area contributed by atoms with Crippen LogP contribution in [0.3, 0.4) is 0 Å². The highest BCUT2D eigenvalue weighted by Crippen LogP contribution is 2.37. The standard InChI is InChI=1S/C14H19F2NO/c1-14(15,16)12-5-3-4-11(13(12)18-2)8-10-6-7-17-9-10/h3-5,10,17H,6-9H2,1-2H3. The maximum atomic E-state index is 13.5. The third-order valence-electron chi connectivity index (χ3n) is 3.44. The van der Waals surface area contributed by atoms with Gasteiger partial charge in [0.25, 0.3) is 5.92 Å². The van der Waals surface area contributed by atoms with E-state index >= 15 is 0 Å². The summed E-state index contributed by atoms with van der Waals surface area (Å²) < 4.78 is 32.2. The first-order valence-corrected chi connectivity index (χ1v) is 6.27. The maximum absolute atomic E-state index is 13.5. The predicted octanol–water partition coefficient (Wildman–Crippen LogP) is 2.96. The van der Waals surface area contributed by atoms with Crippen LogP contribution in [0.15, 0.2) is 18.2 Å². The summed E-state index contributed by atoms with van der Waals surface area (Å²) in [6, 6.07) is 5.01. The van der Waals surface area contributed by atoms with Gasteiger partial charge in [-0.15, -0.1) is 0 Å². The van der Waals surface area contributed by atoms with Crippen LogP contribution in [0.5, 0.6) is 5.75 Å². The molecule has 1 unspecified atom stereocenters. The number of hydrogen-bond donors (Lipinski definition) is 1. The lowest BCUT2D eigenvalue weighted by molar-refractivity contribution is 0.0149. The molecule has 18 heavy (non-hydrogen) atoms. The highest BCUT2D eigenvalue weighted by Gasteiger charge is 2.30. The number of benzene rings is 1. The van der Waals surface area contributed by atoms with Gasteiger partial charge < -0.3 is 10.1 Å². The molecule has 2 rings (SSSR count). The fourth-order valence-corrected chi connectivity index (χ4v) is 2.53. The summed E-state index contributed by atoms with van der Waals surface area (Å²) in [5.41, 5.74) is 0.860. The average Bonchev–Trinajstić information content (AvgIpc) is 2.80. The fraction of sp³-hybridized carbons (Fsp3) is 0.571. The van der Waals surface area contributed by atoms with Gasteiger partial charge in [0, 0.05) is 6.92 Å². The van der Waals surface area contributed by atoms with Gasteiger partial charge in [-0.2, -0.15) is 0 Å². The van der Waals surface area contributed by atoms with Crippen molar-refractivity contribution in [3.63, 3.8) is 0 Å². The molecule has 2 nitrogen and oxygen atoms in total. The van der Waals surface area contributed by atoms with Crippen LogP contribution in [0.1, 0.15) is 24.5 Å². The second kappa shape index (κ2) is 5.22. The molecular formula is C14H19F2NO. The molecule has 0 saturated carbocycles. The van der Waals surface area contributed by atoms with Crippen molar-refractivity contribution in [1.29, 1.82) is 0 Å². The molecule has 4 heteroatoms. The monoisotopic (exact) mass is 255 g/mol. The topological polar surface area (TPSA) is 21.3 Å². The van der Waals surface area contributed by atoms with Crippen LogP contribution in [0.25, 0.3) is 0 Å². The fourth-order valence-electron chi connectivity index (χ4n) is 2.53. The van der Waals surface area contributed by atoms with E-state index in [1.807, 2.05) is 6.07 Å². The lowest BCUT2D eigenvalue weighted by Gasteiger charge is -2.19. The van der Waals surface area contributed by atoms with Gasteiger partial charge in [-0.05, 0) is 43.5 Å². The summed E-state index contributed by atoms with van der Waals surface area (Å²) in [4.78, 5) is 0. The number of ether oxygens (including phenoxy) is 1. The van der Waals surface area contributed by atoms with Crippen molar-refractivity contribution in [2.75, 3.05) is 20.2 Å². The maximum Gasteiger partial charge on any atom is 0.274 e. The Morgan fingerprint density at radius 1 is 1.44 bits per heavy atom. The third kappa shape index (κ3) is 2.80. The minimum absolute atomic E-state index is 0.0199. The van der Waals surface area contributed by atoms with Gasteiger partial charge in [0.15, 0.2) is 0 Å². The van der Waals surface area contributed by atoms with E-state index in [0.29, 0.717) is 11.7 Å². The second-order valence-electron chi connectivity index (χ2n) is 4.95. The number of alkyl halides is 2. The summed E-state index contributed by atoms with van der Waals surface area (Å²) in [5.74, 6) is -2.01. The van der Waals surface area contributed by atoms with Crippen molar-refractivity contribution >= 4 is 0 Å². The largest absolute Gasteiger partial charge is 0.496 e. The number of para-hydroxylation sites is 1. The lowest BCUT2D eigenvalue weighted by Crippen LogP contribution is -2.14. The van der Waals surface area contributed by atoms with Gasteiger partial charge in [-0.3, -0.25) is 0 Å². The molecule has 0 spiro atoms. The number of halogens is 2. The SMILES string of the molecule is COc1c(CC2CCNC2)cccc1C(C)(F)F. The van der Waals surface area contributed by atoms with E-state index in [4.69, 9.17) is 4.74 Å². The van der Waals surface area contributed by atoms with Crippen LogP contribution >= 0.6 is 0 Å². The van der Waals surface area contributed by atoms with E-state index in [9.17, 15) is 8.78 Å². The molecule has 1 saturated heterocycles. The molecule has 0 amide bonds. The zero-order chi connectivity index (χ0) is 13.2. The van der Waals surface area contributed by atoms with Crippen molar-refractivity contribution < 1.29 is 13.5 Å². The Morgan fingerprint density at radius 3 is 2.78 bits per heavy atom. The summed E-state index contributed by atoms with van der Waals surface area (Å²) in [6.45, 7) is 2.87. The van der Waals surface area contributed by atoms with Crippen molar-refractivity contribution in [1.82, 2.24) is 5.32 Å². The number of hydrogen-bond acceptors (Lipinski definition) is 2. The second-order valence-corrected chi connectivity index (χ2v) is 4.95. The highest BCUT2D eigenvalue weighted by atomic mass is 19.3. The molecule has 0 aliphatic carbocycles. The van der Waals surface area contributed by atoms with Gasteiger partial charge in [-0.25, -0.2) is 8.78 Å². The van der Waals surface area contributed by atoms with Crippen LogP contribution in [-0.4, -0.2) is 20.2 Å². The quantitative estimate of drug-likeness (QED) is 0.893. The summed E-state index contributed by atoms with van der Waals surface area (Å²) >= 11 is 0. The summed E-state index contributed by atoms with van der Waals surface area (Å²) in [6.07, 6.45) is 1.88. The van der Waals surface area contributed by atoms with Crippen molar-refractivity contribution in [2.45, 2.75) is 25.7 Å². The first-order valence-electron chi connectivity index (χ1n) is 6.27. The molecule has 1 fully saturated rings. The van der Waals surface area contributed by atoms with Gasteiger partial charge in [0.05, 0.1) is 12.7 Å². The Hall–Kier alpha value is -1.16. The van der Waals surface area contributed by atoms with Crippen molar-refractivity contribution in [2.24, 2.45) is 5.92 Å². The Bertz CT molecular complexity index is 409. The van der Waals surface area contributed by atoms with Crippen molar-refractivity contribution in [3.8, 4) is 5.75 Å². The molecule has 1 N–H and O–H groups in total. The van der Waals surface area contributed by atoms with E-state index in [2.05, 4.69) is 5.32 Å². The molecule has 0 bridgehead atoms. The molecular weight excluding hydrogens is 236 g/mol. The van der Waals surface area contributed by atoms with E-state index in [1.165, 1.54) is 13.2 Å². The Labute approximate surface area is 106 Å². The van der Waals surface area contributed by atoms with Gasteiger partial charge >= 0.3 is 0 Å². The molecule has 0 radical (unpaired) electrons. The molecule has 1 heterocycles. The molecule has 1 aliphatic rings. The van der Waals surface area contributed by atoms with Crippen LogP contribution < -0.4 is 10.1 Å². The zero-order valence-electron chi connectivity index (χ0n) is 10.8. The predicted molar refractivity (Wildman–Crippen MR) is 67.2 cm³/mol. The Morgan fingerprint density at radius 2 is 2.22 bits per heavy atom. The van der Waals surface area contributed by atoms with E-state index in [1.54, 1.807) is 6.07 Å². The average molecular weight is 255 g/mol. The zero-order valence-corrected chi connectivity index (χ0v) is 10.8. The van der Waals surface area contributed by atoms with E-state index in [0.717, 1.165) is 38.4 Å². The molecule has 1 aliphatic heterocycles. The number of nitrogens with one attached hydrogen (secondary N) is 1. The Balaban J connectivity index is 2.29. The van der Waals surface area contributed by atoms with Crippen LogP contribution in [0, 0.1) is 5.92 Å². The lowest BCUT2D eigenvalue weighted by atomic mass is 9.95. The smallest absolute Gasteiger partial charge is 0.274 e. The normalized spacial score (nSPS) is 20.1. The van der Waals surface area contributed by atoms with Gasteiger partial charge in [0.2, 0.25) is 0 Å². The first-order chi connectivity index (χ1) is 8.52. The highest BCUT2D eigenvalue weighted by molar-refractivity contribution is 5.44. The van der Waals surface area contributed by atoms with Crippen LogP contribution in [-0.2, 0) is 12.3 Å². The third-order valence-corrected chi connectivity index (χ3v) is 3.44. The first kappa shape index (κ1) is 13.3. The van der Waals surface area contributed by atoms with E-state index in [-0.39, 0.29) is 5.56 Å². The van der Waals surface area contributed by atoms with Crippen LogP contribution in [0.2, 0.25) is 0 Å². The number of rotatable bonds is 4. The number of methoxy groups -OCH3 is 1. The summed E-state index contributed by atoms with van der Waals surface area (Å²) in [7, 11) is 1.46. The summed E-state index contributed by atoms with van der Waals surface area (Å²) in [5, 5.41) is 3.29. The molecule has 1 aromatic carbocycles. The minimum Gasteiger partial charge on any atom is -0.496 e. The molecule has 0 aromatic heterocycles. The van der Waals surface area contributed by atoms with Crippen molar-refractivity contribution in [3.05, 3.63) is 29.3 Å². The molecule has 100 valence electrons. The van der Waals surface area contributed by atoms with Crippen LogP contribution in [0.4, 0.5) is 8.78 Å². The molecule has 1 aromatic rings. The Kier molecular flexibility index (Phi) is 3.85. The molecule has 1 atom stereocenters. The van der Waals surface area contributed by atoms with Gasteiger partial charge in [-0.1, -0.05) is 12.1 Å². The minimum atomic E-state index is -2.87. The van der Waals surface area contributed by atoms with Gasteiger partial charge in [0.1, 0.15) is 5.75 Å². The van der Waals surface area contributed by atoms with E-state index < -0.39 is 5.92 Å².